The fourth-order valence-electron chi connectivity index (χ4n) is 2.90. The van der Waals surface area contributed by atoms with Gasteiger partial charge in [-0.15, -0.1) is 0 Å². The van der Waals surface area contributed by atoms with Gasteiger partial charge in [0.05, 0.1) is 11.8 Å². The first-order chi connectivity index (χ1) is 7.68. The van der Waals surface area contributed by atoms with E-state index >= 15 is 0 Å². The van der Waals surface area contributed by atoms with Crippen molar-refractivity contribution < 1.29 is 14.3 Å². The van der Waals surface area contributed by atoms with Crippen molar-refractivity contribution in [3.05, 3.63) is 0 Å². The van der Waals surface area contributed by atoms with Crippen LogP contribution in [0.1, 0.15) is 51.9 Å². The van der Waals surface area contributed by atoms with Crippen LogP contribution in [0.5, 0.6) is 0 Å². The van der Waals surface area contributed by atoms with Crippen LogP contribution in [0, 0.1) is 17.8 Å². The molecule has 90 valence electrons. The summed E-state index contributed by atoms with van der Waals surface area (Å²) < 4.78 is 4.75. The summed E-state index contributed by atoms with van der Waals surface area (Å²) in [4.78, 5) is 23.0. The quantitative estimate of drug-likeness (QED) is 0.469. The second kappa shape index (κ2) is 4.98. The summed E-state index contributed by atoms with van der Waals surface area (Å²) in [5.74, 6) is -0.0739. The van der Waals surface area contributed by atoms with Crippen molar-refractivity contribution in [1.29, 1.82) is 0 Å². The summed E-state index contributed by atoms with van der Waals surface area (Å²) in [7, 11) is 0. The second-order valence-electron chi connectivity index (χ2n) is 5.27. The molecule has 3 unspecified atom stereocenters. The Balaban J connectivity index is 2.01. The standard InChI is InChI=1S/C13H20O3/c1-9-5-2-3-7-10-11(8-4-6-9)13(15)16-12(10)14/h9-11H,2-8H2,1H3. The number of hydrogen-bond acceptors (Lipinski definition) is 3. The number of carbonyl (C=O) groups is 2. The van der Waals surface area contributed by atoms with E-state index in [-0.39, 0.29) is 23.8 Å². The van der Waals surface area contributed by atoms with Crippen molar-refractivity contribution in [2.75, 3.05) is 0 Å². The van der Waals surface area contributed by atoms with Gasteiger partial charge in [-0.05, 0) is 18.8 Å². The van der Waals surface area contributed by atoms with E-state index in [1.54, 1.807) is 0 Å². The Morgan fingerprint density at radius 1 is 0.875 bits per heavy atom. The van der Waals surface area contributed by atoms with Gasteiger partial charge in [0.15, 0.2) is 0 Å². The lowest BCUT2D eigenvalue weighted by Gasteiger charge is -2.18. The minimum Gasteiger partial charge on any atom is -0.393 e. The van der Waals surface area contributed by atoms with Gasteiger partial charge in [-0.2, -0.15) is 0 Å². The first-order valence-electron chi connectivity index (χ1n) is 6.44. The monoisotopic (exact) mass is 224 g/mol. The van der Waals surface area contributed by atoms with Crippen LogP contribution in [0.25, 0.3) is 0 Å². The lowest BCUT2D eigenvalue weighted by Crippen LogP contribution is -2.19. The Hall–Kier alpha value is -0.860. The molecule has 2 rings (SSSR count). The van der Waals surface area contributed by atoms with E-state index in [4.69, 9.17) is 4.74 Å². The van der Waals surface area contributed by atoms with E-state index in [9.17, 15) is 9.59 Å². The molecule has 1 saturated heterocycles. The number of rotatable bonds is 0. The number of fused-ring (bicyclic) bond motifs is 1. The van der Waals surface area contributed by atoms with Crippen LogP contribution in [0.15, 0.2) is 0 Å². The molecule has 0 aromatic rings. The van der Waals surface area contributed by atoms with Gasteiger partial charge >= 0.3 is 11.9 Å². The van der Waals surface area contributed by atoms with E-state index in [0.29, 0.717) is 0 Å². The number of cyclic esters (lactones) is 2. The lowest BCUT2D eigenvalue weighted by molar-refractivity contribution is -0.153. The van der Waals surface area contributed by atoms with Gasteiger partial charge in [0.2, 0.25) is 0 Å². The molecule has 3 atom stereocenters. The molecule has 2 aliphatic rings. The molecule has 0 aromatic carbocycles. The maximum Gasteiger partial charge on any atom is 0.317 e. The van der Waals surface area contributed by atoms with Crippen LogP contribution >= 0.6 is 0 Å². The fraction of sp³-hybridized carbons (Fsp3) is 0.846. The minimum absolute atomic E-state index is 0.138. The molecule has 0 radical (unpaired) electrons. The molecule has 0 aromatic heterocycles. The van der Waals surface area contributed by atoms with Crippen LogP contribution in [0.4, 0.5) is 0 Å². The highest BCUT2D eigenvalue weighted by Crippen LogP contribution is 2.34. The lowest BCUT2D eigenvalue weighted by atomic mass is 9.83. The number of ether oxygens (including phenoxy) is 1. The topological polar surface area (TPSA) is 43.4 Å². The number of esters is 2. The highest BCUT2D eigenvalue weighted by atomic mass is 16.6. The van der Waals surface area contributed by atoms with Crippen molar-refractivity contribution in [2.24, 2.45) is 17.8 Å². The Morgan fingerprint density at radius 3 is 2.06 bits per heavy atom. The zero-order valence-corrected chi connectivity index (χ0v) is 9.91. The van der Waals surface area contributed by atoms with Crippen molar-refractivity contribution in [2.45, 2.75) is 51.9 Å². The number of hydrogen-bond donors (Lipinski definition) is 0. The molecule has 3 nitrogen and oxygen atoms in total. The van der Waals surface area contributed by atoms with Crippen molar-refractivity contribution >= 4 is 11.9 Å². The second-order valence-corrected chi connectivity index (χ2v) is 5.27. The van der Waals surface area contributed by atoms with Crippen LogP contribution in [0.3, 0.4) is 0 Å². The summed E-state index contributed by atoms with van der Waals surface area (Å²) in [5, 5.41) is 0. The Labute approximate surface area is 96.5 Å². The van der Waals surface area contributed by atoms with Crippen molar-refractivity contribution in [3.63, 3.8) is 0 Å². The van der Waals surface area contributed by atoms with Crippen LogP contribution in [-0.4, -0.2) is 11.9 Å². The average molecular weight is 224 g/mol. The van der Waals surface area contributed by atoms with Gasteiger partial charge in [0.25, 0.3) is 0 Å². The molecule has 0 amide bonds. The van der Waals surface area contributed by atoms with E-state index in [0.717, 1.165) is 31.6 Å². The van der Waals surface area contributed by atoms with E-state index in [1.807, 2.05) is 0 Å². The summed E-state index contributed by atoms with van der Waals surface area (Å²) in [6.07, 6.45) is 7.36. The van der Waals surface area contributed by atoms with Gasteiger partial charge in [-0.1, -0.05) is 39.0 Å². The smallest absolute Gasteiger partial charge is 0.317 e. The van der Waals surface area contributed by atoms with Gasteiger partial charge in [0.1, 0.15) is 0 Å². The third-order valence-electron chi connectivity index (χ3n) is 3.97. The van der Waals surface area contributed by atoms with Crippen LogP contribution in [-0.2, 0) is 14.3 Å². The summed E-state index contributed by atoms with van der Waals surface area (Å²) in [6, 6.07) is 0. The Kier molecular flexibility index (Phi) is 3.62. The number of carbonyl (C=O) groups excluding carboxylic acids is 2. The van der Waals surface area contributed by atoms with Crippen molar-refractivity contribution in [1.82, 2.24) is 0 Å². The summed E-state index contributed by atoms with van der Waals surface area (Å²) in [6.45, 7) is 2.28. The average Bonchev–Trinajstić information content (AvgIpc) is 2.51. The SMILES string of the molecule is CC1CCCCC2C(=O)OC(=O)C2CCC1. The molecule has 3 heteroatoms. The van der Waals surface area contributed by atoms with Gasteiger partial charge in [-0.25, -0.2) is 0 Å². The molecule has 0 bridgehead atoms. The maximum absolute atomic E-state index is 11.5. The first-order valence-corrected chi connectivity index (χ1v) is 6.44. The van der Waals surface area contributed by atoms with Gasteiger partial charge < -0.3 is 4.74 Å². The van der Waals surface area contributed by atoms with E-state index in [1.165, 1.54) is 19.3 Å². The molecular formula is C13H20O3. The predicted octanol–water partition coefficient (Wildman–Crippen LogP) is 2.68. The third kappa shape index (κ3) is 2.45. The molecule has 0 N–H and O–H groups in total. The molecule has 1 aliphatic carbocycles. The van der Waals surface area contributed by atoms with Gasteiger partial charge in [-0.3, -0.25) is 9.59 Å². The van der Waals surface area contributed by atoms with Crippen LogP contribution in [0.2, 0.25) is 0 Å². The largest absolute Gasteiger partial charge is 0.393 e. The summed E-state index contributed by atoms with van der Waals surface area (Å²) >= 11 is 0. The van der Waals surface area contributed by atoms with Gasteiger partial charge in [0, 0.05) is 0 Å². The zero-order chi connectivity index (χ0) is 11.5. The molecular weight excluding hydrogens is 204 g/mol. The molecule has 0 spiro atoms. The molecule has 1 saturated carbocycles. The van der Waals surface area contributed by atoms with E-state index < -0.39 is 0 Å². The third-order valence-corrected chi connectivity index (χ3v) is 3.97. The molecule has 2 fully saturated rings. The molecule has 1 heterocycles. The highest BCUT2D eigenvalue weighted by Gasteiger charge is 2.43. The normalized spacial score (nSPS) is 36.7. The fourth-order valence-corrected chi connectivity index (χ4v) is 2.90. The molecule has 1 aliphatic heterocycles. The zero-order valence-electron chi connectivity index (χ0n) is 9.91. The minimum atomic E-state index is -0.275. The van der Waals surface area contributed by atoms with Crippen molar-refractivity contribution in [3.8, 4) is 0 Å². The van der Waals surface area contributed by atoms with Crippen LogP contribution < -0.4 is 0 Å². The highest BCUT2D eigenvalue weighted by molar-refractivity contribution is 5.96. The Morgan fingerprint density at radius 2 is 1.38 bits per heavy atom. The molecule has 16 heavy (non-hydrogen) atoms. The summed E-state index contributed by atoms with van der Waals surface area (Å²) in [5.41, 5.74) is 0. The van der Waals surface area contributed by atoms with E-state index in [2.05, 4.69) is 6.92 Å². The first kappa shape index (κ1) is 11.6. The maximum atomic E-state index is 11.5. The predicted molar refractivity (Wildman–Crippen MR) is 59.6 cm³/mol. The Bertz CT molecular complexity index is 285.